The van der Waals surface area contributed by atoms with Crippen LogP contribution in [0.15, 0.2) is 40.8 Å². The molecule has 2 heterocycles. The third-order valence-corrected chi connectivity index (χ3v) is 3.92. The highest BCUT2D eigenvalue weighted by molar-refractivity contribution is 8.03. The van der Waals surface area contributed by atoms with Crippen molar-refractivity contribution in [3.05, 3.63) is 41.3 Å². The van der Waals surface area contributed by atoms with Gasteiger partial charge in [0.25, 0.3) is 0 Å². The minimum absolute atomic E-state index is 0.188. The van der Waals surface area contributed by atoms with Crippen LogP contribution in [-0.2, 0) is 0 Å². The van der Waals surface area contributed by atoms with Gasteiger partial charge in [0.15, 0.2) is 5.50 Å². The maximum Gasteiger partial charge on any atom is 0.177 e. The smallest absolute Gasteiger partial charge is 0.177 e. The minimum Gasteiger partial charge on any atom is -0.316 e. The van der Waals surface area contributed by atoms with Crippen LogP contribution in [0.5, 0.6) is 0 Å². The fraction of sp³-hybridized carbons (Fsp3) is 0.182. The van der Waals surface area contributed by atoms with Gasteiger partial charge in [-0.05, 0) is 0 Å². The van der Waals surface area contributed by atoms with E-state index in [1.807, 2.05) is 28.1 Å². The second kappa shape index (κ2) is 4.03. The van der Waals surface area contributed by atoms with Crippen molar-refractivity contribution >= 4 is 35.4 Å². The molecule has 5 heteroatoms. The van der Waals surface area contributed by atoms with E-state index >= 15 is 0 Å². The average Bonchev–Trinajstić information content (AvgIpc) is 2.90. The van der Waals surface area contributed by atoms with E-state index in [0.29, 0.717) is 6.00 Å². The summed E-state index contributed by atoms with van der Waals surface area (Å²) in [5.74, 6) is 0. The van der Waals surface area contributed by atoms with Gasteiger partial charge < -0.3 is 4.90 Å². The Bertz CT molecular complexity index is 446. The van der Waals surface area contributed by atoms with Crippen LogP contribution >= 0.6 is 23.4 Å². The largest absolute Gasteiger partial charge is 0.316 e. The van der Waals surface area contributed by atoms with Crippen molar-refractivity contribution in [3.8, 4) is 0 Å². The maximum atomic E-state index is 5.84. The van der Waals surface area contributed by atoms with Crippen molar-refractivity contribution in [2.45, 2.75) is 5.50 Å². The average molecular weight is 252 g/mol. The molecule has 3 nitrogen and oxygen atoms in total. The summed E-state index contributed by atoms with van der Waals surface area (Å²) in [6, 6.07) is 10.7. The molecule has 2 aliphatic rings. The second-order valence-corrected chi connectivity index (χ2v) is 4.71. The maximum absolute atomic E-state index is 5.84. The predicted octanol–water partition coefficient (Wildman–Crippen LogP) is 2.77. The highest BCUT2D eigenvalue weighted by Crippen LogP contribution is 2.40. The van der Waals surface area contributed by atoms with Crippen molar-refractivity contribution in [3.63, 3.8) is 0 Å². The number of hydrogen-bond donors (Lipinski definition) is 0. The number of rotatable bonds is 2. The summed E-state index contributed by atoms with van der Waals surface area (Å²) in [7, 11) is 0. The minimum atomic E-state index is 0.188. The van der Waals surface area contributed by atoms with Gasteiger partial charge in [0.05, 0.1) is 11.7 Å². The van der Waals surface area contributed by atoms with E-state index in [9.17, 15) is 0 Å². The second-order valence-electron chi connectivity index (χ2n) is 3.54. The third kappa shape index (κ3) is 1.49. The van der Waals surface area contributed by atoms with E-state index < -0.39 is 0 Å². The van der Waals surface area contributed by atoms with E-state index in [2.05, 4.69) is 22.6 Å². The lowest BCUT2D eigenvalue weighted by atomic mass is 10.2. The lowest BCUT2D eigenvalue weighted by molar-refractivity contribution is 0.313. The highest BCUT2D eigenvalue weighted by Gasteiger charge is 2.34. The van der Waals surface area contributed by atoms with Gasteiger partial charge >= 0.3 is 0 Å². The summed E-state index contributed by atoms with van der Waals surface area (Å²) >= 11 is 7.57. The van der Waals surface area contributed by atoms with Crippen molar-refractivity contribution in [2.24, 2.45) is 5.10 Å². The van der Waals surface area contributed by atoms with Crippen LogP contribution in [0.1, 0.15) is 5.56 Å². The lowest BCUT2D eigenvalue weighted by Crippen LogP contribution is -2.32. The summed E-state index contributed by atoms with van der Waals surface area (Å²) < 4.78 is 0. The Labute approximate surface area is 103 Å². The molecule has 1 unspecified atom stereocenters. The summed E-state index contributed by atoms with van der Waals surface area (Å²) in [5.41, 5.74) is 2.51. The zero-order valence-electron chi connectivity index (χ0n) is 8.45. The van der Waals surface area contributed by atoms with Crippen molar-refractivity contribution < 1.29 is 0 Å². The number of benzene rings is 1. The van der Waals surface area contributed by atoms with Gasteiger partial charge in [0, 0.05) is 11.0 Å². The molecule has 0 aromatic heterocycles. The third-order valence-electron chi connectivity index (χ3n) is 2.57. The molecule has 0 bridgehead atoms. The van der Waals surface area contributed by atoms with Gasteiger partial charge in [0.1, 0.15) is 6.34 Å². The Balaban J connectivity index is 1.88. The standard InChI is InChI=1S/C11H10ClN3S/c12-7-14-8-13-15-10(6-16-11(14)15)9-4-2-1-3-5-9/h1-6,8,11H,7H2. The van der Waals surface area contributed by atoms with E-state index in [0.717, 1.165) is 5.70 Å². The fourth-order valence-electron chi connectivity index (χ4n) is 1.77. The molecule has 0 aliphatic carbocycles. The van der Waals surface area contributed by atoms with E-state index in [4.69, 9.17) is 11.6 Å². The van der Waals surface area contributed by atoms with Crippen LogP contribution < -0.4 is 0 Å². The van der Waals surface area contributed by atoms with Gasteiger partial charge in [0.2, 0.25) is 0 Å². The van der Waals surface area contributed by atoms with E-state index in [-0.39, 0.29) is 5.50 Å². The first-order valence-corrected chi connectivity index (χ1v) is 6.44. The van der Waals surface area contributed by atoms with Crippen LogP contribution in [0, 0.1) is 0 Å². The van der Waals surface area contributed by atoms with E-state index in [1.165, 1.54) is 5.56 Å². The van der Waals surface area contributed by atoms with Crippen molar-refractivity contribution in [1.29, 1.82) is 0 Å². The zero-order chi connectivity index (χ0) is 11.0. The lowest BCUT2D eigenvalue weighted by Gasteiger charge is -2.23. The SMILES string of the molecule is ClCN1C=NN2C(c3ccccc3)=CSC12. The Morgan fingerprint density at radius 3 is 2.88 bits per heavy atom. The topological polar surface area (TPSA) is 18.8 Å². The van der Waals surface area contributed by atoms with Crippen molar-refractivity contribution in [1.82, 2.24) is 9.91 Å². The number of halogens is 1. The highest BCUT2D eigenvalue weighted by atomic mass is 35.5. The van der Waals surface area contributed by atoms with Gasteiger partial charge in [-0.1, -0.05) is 42.1 Å². The first-order chi connectivity index (χ1) is 7.90. The molecule has 1 atom stereocenters. The molecule has 1 aromatic rings. The number of hydrogen-bond acceptors (Lipinski definition) is 4. The molecule has 0 amide bonds. The number of alkyl halides is 1. The molecule has 0 radical (unpaired) electrons. The monoisotopic (exact) mass is 251 g/mol. The Kier molecular flexibility index (Phi) is 2.53. The summed E-state index contributed by atoms with van der Waals surface area (Å²) in [4.78, 5) is 2.00. The van der Waals surface area contributed by atoms with E-state index in [1.54, 1.807) is 18.1 Å². The first-order valence-electron chi connectivity index (χ1n) is 4.96. The first kappa shape index (κ1) is 10.1. The molecule has 3 rings (SSSR count). The van der Waals surface area contributed by atoms with Crippen LogP contribution in [0.2, 0.25) is 0 Å². The molecular formula is C11H10ClN3S. The van der Waals surface area contributed by atoms with Gasteiger partial charge in [-0.25, -0.2) is 5.01 Å². The summed E-state index contributed by atoms with van der Waals surface area (Å²) in [6.45, 7) is 0. The van der Waals surface area contributed by atoms with Gasteiger partial charge in [-0.2, -0.15) is 5.10 Å². The molecule has 0 saturated heterocycles. The Morgan fingerprint density at radius 1 is 1.31 bits per heavy atom. The predicted molar refractivity (Wildman–Crippen MR) is 68.7 cm³/mol. The number of nitrogens with zero attached hydrogens (tertiary/aromatic N) is 3. The van der Waals surface area contributed by atoms with Crippen LogP contribution in [0.4, 0.5) is 0 Å². The molecule has 16 heavy (non-hydrogen) atoms. The van der Waals surface area contributed by atoms with Gasteiger partial charge in [-0.15, -0.1) is 11.6 Å². The van der Waals surface area contributed by atoms with Crippen molar-refractivity contribution in [2.75, 3.05) is 6.00 Å². The summed E-state index contributed by atoms with van der Waals surface area (Å²) in [6.07, 6.45) is 1.79. The number of fused-ring (bicyclic) bond motifs is 1. The normalized spacial score (nSPS) is 22.6. The Hall–Kier alpha value is -1.13. The molecule has 0 N–H and O–H groups in total. The van der Waals surface area contributed by atoms with Gasteiger partial charge in [-0.3, -0.25) is 0 Å². The zero-order valence-corrected chi connectivity index (χ0v) is 10.0. The molecule has 82 valence electrons. The molecule has 0 spiro atoms. The molecule has 1 aromatic carbocycles. The fourth-order valence-corrected chi connectivity index (χ4v) is 3.11. The molecular weight excluding hydrogens is 242 g/mol. The quantitative estimate of drug-likeness (QED) is 0.595. The molecule has 2 aliphatic heterocycles. The Morgan fingerprint density at radius 2 is 2.12 bits per heavy atom. The van der Waals surface area contributed by atoms with Crippen LogP contribution in [-0.4, -0.2) is 27.7 Å². The molecule has 0 saturated carbocycles. The summed E-state index contributed by atoms with van der Waals surface area (Å²) in [5, 5.41) is 8.51. The molecule has 0 fully saturated rings. The van der Waals surface area contributed by atoms with Crippen LogP contribution in [0.25, 0.3) is 5.70 Å². The number of hydrazone groups is 1. The van der Waals surface area contributed by atoms with Crippen LogP contribution in [0.3, 0.4) is 0 Å². The number of thioether (sulfide) groups is 1.